The van der Waals surface area contributed by atoms with Crippen LogP contribution >= 0.6 is 0 Å². The predicted octanol–water partition coefficient (Wildman–Crippen LogP) is 4.34. The van der Waals surface area contributed by atoms with Crippen LogP contribution in [0.4, 0.5) is 10.6 Å². The summed E-state index contributed by atoms with van der Waals surface area (Å²) in [6.45, 7) is 5.21. The molecule has 2 aliphatic carbocycles. The topological polar surface area (TPSA) is 128 Å². The number of pyridine rings is 1. The maximum absolute atomic E-state index is 12.6. The molecule has 2 unspecified atom stereocenters. The molecule has 212 valence electrons. The molecule has 3 atom stereocenters. The lowest BCUT2D eigenvalue weighted by molar-refractivity contribution is -0.140. The highest BCUT2D eigenvalue weighted by Gasteiger charge is 2.35. The number of alkyl carbamates (subject to hydrolysis) is 1. The minimum absolute atomic E-state index is 0.0256. The fourth-order valence-corrected chi connectivity index (χ4v) is 6.14. The number of aryl methyl sites for hydroxylation is 4. The Bertz CT molecular complexity index is 1160. The van der Waals surface area contributed by atoms with Crippen LogP contribution in [0.1, 0.15) is 80.1 Å². The van der Waals surface area contributed by atoms with Gasteiger partial charge in [-0.15, -0.1) is 0 Å². The largest absolute Gasteiger partial charge is 0.480 e. The van der Waals surface area contributed by atoms with Crippen LogP contribution < -0.4 is 10.6 Å². The Morgan fingerprint density at radius 2 is 2.08 bits per heavy atom. The summed E-state index contributed by atoms with van der Waals surface area (Å²) >= 11 is 0. The number of amides is 1. The molecule has 2 aromatic rings. The monoisotopic (exact) mass is 539 g/mol. The standard InChI is InChI=1S/C29H41N5O5/c1-18-15-19(2)34(33-18)25-6-3-7-26(25)39-29(37)32-24(28(35)36)12-14-38-23-16-20(17-23)8-10-22-11-9-21-5-4-13-30-27(21)31-22/h9,11,15,20,23-26H,3-8,10,12-14,16-17H2,1-2H3,(H,30,31)(H,32,37)(H,35,36)/t20?,23?,24-,25?,26?/m1/s1. The normalized spacial score (nSPS) is 24.8. The SMILES string of the molecule is Cc1cc(C)n(C2CCCC2OC(=O)N[C@H](CCOC2CC(CCc3ccc4c(n3)NCCC4)C2)C(=O)O)n1. The molecule has 0 aromatic carbocycles. The van der Waals surface area contributed by atoms with Crippen molar-refractivity contribution in [3.05, 3.63) is 40.8 Å². The number of hydrogen-bond donors (Lipinski definition) is 3. The van der Waals surface area contributed by atoms with Gasteiger partial charge >= 0.3 is 12.1 Å². The van der Waals surface area contributed by atoms with Crippen LogP contribution in [0, 0.1) is 19.8 Å². The first-order valence-corrected chi connectivity index (χ1v) is 14.4. The molecule has 2 aromatic heterocycles. The van der Waals surface area contributed by atoms with Gasteiger partial charge in [0.05, 0.1) is 17.8 Å². The molecule has 3 aliphatic rings. The number of carbonyl (C=O) groups is 2. The van der Waals surface area contributed by atoms with Gasteiger partial charge in [-0.3, -0.25) is 4.68 Å². The van der Waals surface area contributed by atoms with Crippen LogP contribution in [0.5, 0.6) is 0 Å². The number of rotatable bonds is 11. The summed E-state index contributed by atoms with van der Waals surface area (Å²) in [5.74, 6) is 0.562. The van der Waals surface area contributed by atoms with Crippen LogP contribution in [-0.2, 0) is 27.1 Å². The molecule has 10 heteroatoms. The van der Waals surface area contributed by atoms with E-state index in [2.05, 4.69) is 27.9 Å². The molecule has 0 bridgehead atoms. The van der Waals surface area contributed by atoms with E-state index in [0.29, 0.717) is 5.92 Å². The summed E-state index contributed by atoms with van der Waals surface area (Å²) in [6.07, 6.45) is 8.12. The van der Waals surface area contributed by atoms with Crippen LogP contribution in [-0.4, -0.2) is 63.3 Å². The fourth-order valence-electron chi connectivity index (χ4n) is 6.14. The van der Waals surface area contributed by atoms with E-state index in [1.165, 1.54) is 5.56 Å². The number of carboxylic acids is 1. The van der Waals surface area contributed by atoms with Gasteiger partial charge in [0.15, 0.2) is 0 Å². The Labute approximate surface area is 229 Å². The third kappa shape index (κ3) is 6.90. The minimum atomic E-state index is -1.09. The van der Waals surface area contributed by atoms with Crippen LogP contribution in [0.2, 0.25) is 0 Å². The lowest BCUT2D eigenvalue weighted by atomic mass is 9.79. The molecule has 1 amide bonds. The van der Waals surface area contributed by atoms with Crippen LogP contribution in [0.25, 0.3) is 0 Å². The molecule has 3 heterocycles. The second-order valence-electron chi connectivity index (χ2n) is 11.3. The van der Waals surface area contributed by atoms with Crippen LogP contribution in [0.15, 0.2) is 18.2 Å². The first kappa shape index (κ1) is 27.4. The molecule has 0 saturated heterocycles. The van der Waals surface area contributed by atoms with Gasteiger partial charge in [0.2, 0.25) is 0 Å². The summed E-state index contributed by atoms with van der Waals surface area (Å²) in [4.78, 5) is 29.1. The Morgan fingerprint density at radius 1 is 1.23 bits per heavy atom. The van der Waals surface area contributed by atoms with E-state index in [0.717, 1.165) is 87.2 Å². The van der Waals surface area contributed by atoms with Crippen molar-refractivity contribution < 1.29 is 24.2 Å². The molecule has 0 radical (unpaired) electrons. The highest BCUT2D eigenvalue weighted by molar-refractivity contribution is 5.79. The minimum Gasteiger partial charge on any atom is -0.480 e. The van der Waals surface area contributed by atoms with Gasteiger partial charge in [-0.1, -0.05) is 6.07 Å². The number of hydrogen-bond acceptors (Lipinski definition) is 7. The molecule has 2 saturated carbocycles. The third-order valence-electron chi connectivity index (χ3n) is 8.34. The van der Waals surface area contributed by atoms with Gasteiger partial charge in [0.1, 0.15) is 18.0 Å². The zero-order valence-electron chi connectivity index (χ0n) is 23.0. The van der Waals surface area contributed by atoms with Gasteiger partial charge in [-0.2, -0.15) is 5.10 Å². The molecular weight excluding hydrogens is 498 g/mol. The van der Waals surface area contributed by atoms with Crippen LogP contribution in [0.3, 0.4) is 0 Å². The van der Waals surface area contributed by atoms with Crippen molar-refractivity contribution >= 4 is 17.9 Å². The second kappa shape index (κ2) is 12.4. The number of fused-ring (bicyclic) bond motifs is 1. The average Bonchev–Trinajstić information content (AvgIpc) is 3.48. The summed E-state index contributed by atoms with van der Waals surface area (Å²) in [7, 11) is 0. The van der Waals surface area contributed by atoms with Crippen molar-refractivity contribution in [2.75, 3.05) is 18.5 Å². The van der Waals surface area contributed by atoms with Crippen molar-refractivity contribution in [3.8, 4) is 0 Å². The van der Waals surface area contributed by atoms with E-state index in [9.17, 15) is 14.7 Å². The van der Waals surface area contributed by atoms with Crippen molar-refractivity contribution in [3.63, 3.8) is 0 Å². The summed E-state index contributed by atoms with van der Waals surface area (Å²) in [5, 5.41) is 20.1. The summed E-state index contributed by atoms with van der Waals surface area (Å²) < 4.78 is 13.5. The van der Waals surface area contributed by atoms with Crippen molar-refractivity contribution in [1.82, 2.24) is 20.1 Å². The first-order valence-electron chi connectivity index (χ1n) is 14.4. The van der Waals surface area contributed by atoms with Gasteiger partial charge < -0.3 is 25.2 Å². The number of nitrogens with one attached hydrogen (secondary N) is 2. The molecule has 2 fully saturated rings. The lowest BCUT2D eigenvalue weighted by Crippen LogP contribution is -2.44. The number of nitrogens with zero attached hydrogens (tertiary/aromatic N) is 3. The van der Waals surface area contributed by atoms with E-state index < -0.39 is 18.1 Å². The Morgan fingerprint density at radius 3 is 2.85 bits per heavy atom. The number of carboxylic acid groups (broad SMARTS) is 1. The predicted molar refractivity (Wildman–Crippen MR) is 146 cm³/mol. The molecule has 1 aliphatic heterocycles. The molecule has 0 spiro atoms. The van der Waals surface area contributed by atoms with Crippen molar-refractivity contribution in [2.45, 2.75) is 102 Å². The average molecular weight is 540 g/mol. The van der Waals surface area contributed by atoms with Gasteiger partial charge in [-0.05, 0) is 95.2 Å². The van der Waals surface area contributed by atoms with E-state index in [4.69, 9.17) is 14.5 Å². The molecule has 3 N–H and O–H groups in total. The maximum atomic E-state index is 12.6. The van der Waals surface area contributed by atoms with Crippen molar-refractivity contribution in [2.24, 2.45) is 5.92 Å². The summed E-state index contributed by atoms with van der Waals surface area (Å²) in [6, 6.07) is 5.28. The second-order valence-corrected chi connectivity index (χ2v) is 11.3. The molecule has 39 heavy (non-hydrogen) atoms. The van der Waals surface area contributed by atoms with E-state index in [1.807, 2.05) is 24.6 Å². The lowest BCUT2D eigenvalue weighted by Gasteiger charge is -2.35. The highest BCUT2D eigenvalue weighted by atomic mass is 16.6. The Kier molecular flexibility index (Phi) is 8.69. The Hall–Kier alpha value is -3.14. The quantitative estimate of drug-likeness (QED) is 0.385. The number of carbonyl (C=O) groups excluding carboxylic acids is 1. The Balaban J connectivity index is 1.000. The van der Waals surface area contributed by atoms with E-state index in [-0.39, 0.29) is 31.3 Å². The zero-order chi connectivity index (χ0) is 27.4. The van der Waals surface area contributed by atoms with Gasteiger partial charge in [0, 0.05) is 31.0 Å². The van der Waals surface area contributed by atoms with Crippen molar-refractivity contribution in [1.29, 1.82) is 0 Å². The van der Waals surface area contributed by atoms with Gasteiger partial charge in [-0.25, -0.2) is 14.6 Å². The number of aromatic nitrogens is 3. The van der Waals surface area contributed by atoms with E-state index in [1.54, 1.807) is 0 Å². The van der Waals surface area contributed by atoms with Gasteiger partial charge in [0.25, 0.3) is 0 Å². The highest BCUT2D eigenvalue weighted by Crippen LogP contribution is 2.35. The number of ether oxygens (including phenoxy) is 2. The molecule has 10 nitrogen and oxygen atoms in total. The number of anilines is 1. The fraction of sp³-hybridized carbons (Fsp3) is 0.655. The molecular formula is C29H41N5O5. The zero-order valence-corrected chi connectivity index (χ0v) is 23.0. The number of aliphatic carboxylic acids is 1. The first-order chi connectivity index (χ1) is 18.9. The molecule has 5 rings (SSSR count). The smallest absolute Gasteiger partial charge is 0.408 e. The third-order valence-corrected chi connectivity index (χ3v) is 8.34. The summed E-state index contributed by atoms with van der Waals surface area (Å²) in [5.41, 5.74) is 4.40. The maximum Gasteiger partial charge on any atom is 0.408 e. The van der Waals surface area contributed by atoms with E-state index >= 15 is 0 Å².